The third-order valence-corrected chi connectivity index (χ3v) is 13.2. The van der Waals surface area contributed by atoms with E-state index in [1.165, 1.54) is 12.1 Å². The Bertz CT molecular complexity index is 760. The second-order valence-electron chi connectivity index (χ2n) is 8.47. The van der Waals surface area contributed by atoms with Crippen molar-refractivity contribution in [3.05, 3.63) is 28.8 Å². The third kappa shape index (κ3) is 5.01. The number of rotatable bonds is 4. The molecule has 1 aromatic rings. The fourth-order valence-corrected chi connectivity index (χ4v) is 8.79. The van der Waals surface area contributed by atoms with E-state index in [0.717, 1.165) is 0 Å². The number of halogens is 4. The van der Waals surface area contributed by atoms with Gasteiger partial charge in [-0.2, -0.15) is 0 Å². The van der Waals surface area contributed by atoms with E-state index in [0.29, 0.717) is 11.1 Å². The maximum atomic E-state index is 12.2. The molecule has 0 aliphatic carbocycles. The van der Waals surface area contributed by atoms with Crippen LogP contribution in [-0.4, -0.2) is 19.2 Å². The number of alkyl halides is 2. The molecular weight excluding hydrogens is 476 g/mol. The Kier molecular flexibility index (Phi) is 7.27. The first-order chi connectivity index (χ1) is 11.7. The van der Waals surface area contributed by atoms with E-state index in [4.69, 9.17) is 45.7 Å². The van der Waals surface area contributed by atoms with E-state index in [-0.39, 0.29) is 11.3 Å². The average molecular weight is 500 g/mol. The van der Waals surface area contributed by atoms with Gasteiger partial charge in [-0.3, -0.25) is 9.13 Å². The molecule has 11 heteroatoms. The van der Waals surface area contributed by atoms with Crippen LogP contribution in [0.3, 0.4) is 0 Å². The molecule has 3 unspecified atom stereocenters. The first kappa shape index (κ1) is 25.6. The monoisotopic (exact) mass is 498 g/mol. The van der Waals surface area contributed by atoms with Crippen molar-refractivity contribution in [2.45, 2.75) is 62.1 Å². The number of aromatic hydroxyl groups is 1. The highest BCUT2D eigenvalue weighted by atomic mass is 35.7. The Morgan fingerprint density at radius 3 is 1.41 bits per heavy atom. The van der Waals surface area contributed by atoms with Crippen LogP contribution in [0, 0.1) is 0 Å². The van der Waals surface area contributed by atoms with Gasteiger partial charge in [0, 0.05) is 0 Å². The summed E-state index contributed by atoms with van der Waals surface area (Å²) in [7, 11) is 0. The lowest BCUT2D eigenvalue weighted by atomic mass is 9.78. The molecule has 3 atom stereocenters. The first-order valence-electron chi connectivity index (χ1n) is 7.91. The zero-order valence-corrected chi connectivity index (χ0v) is 20.6. The van der Waals surface area contributed by atoms with Crippen molar-refractivity contribution >= 4 is 59.1 Å². The third-order valence-electron chi connectivity index (χ3n) is 4.14. The second kappa shape index (κ2) is 7.67. The Balaban J connectivity index is 3.91. The zero-order chi connectivity index (χ0) is 21.8. The molecule has 0 aliphatic heterocycles. The van der Waals surface area contributed by atoms with Gasteiger partial charge in [0.05, 0.1) is 5.38 Å². The van der Waals surface area contributed by atoms with Crippen LogP contribution in [0.2, 0.25) is 0 Å². The fourth-order valence-electron chi connectivity index (χ4n) is 2.59. The largest absolute Gasteiger partial charge is 0.507 e. The molecule has 5 nitrogen and oxygen atoms in total. The SMILES string of the molecule is CC(C)(C)c1cc(C(Cl)C(Cl)(P(=O)(O)Cl)P(=O)(O)Cl)cc(C(C)(C)C)c1O. The predicted molar refractivity (Wildman–Crippen MR) is 114 cm³/mol. The number of phenols is 1. The van der Waals surface area contributed by atoms with E-state index < -0.39 is 34.0 Å². The molecule has 27 heavy (non-hydrogen) atoms. The van der Waals surface area contributed by atoms with Crippen LogP contribution in [0.4, 0.5) is 0 Å². The van der Waals surface area contributed by atoms with Crippen molar-refractivity contribution in [2.24, 2.45) is 0 Å². The minimum absolute atomic E-state index is 0.0406. The maximum Gasteiger partial charge on any atom is 0.321 e. The van der Waals surface area contributed by atoms with Gasteiger partial charge in [-0.05, 0) is 62.1 Å². The van der Waals surface area contributed by atoms with Gasteiger partial charge >= 0.3 is 13.4 Å². The van der Waals surface area contributed by atoms with Gasteiger partial charge in [-0.15, -0.1) is 11.6 Å². The van der Waals surface area contributed by atoms with Crippen LogP contribution in [0.25, 0.3) is 0 Å². The molecule has 0 fully saturated rings. The summed E-state index contributed by atoms with van der Waals surface area (Å²) in [6.07, 6.45) is 0. The van der Waals surface area contributed by atoms with E-state index in [1.807, 2.05) is 41.5 Å². The summed E-state index contributed by atoms with van der Waals surface area (Å²) in [5, 5.41) is 9.06. The van der Waals surface area contributed by atoms with E-state index in [9.17, 15) is 24.0 Å². The molecule has 0 saturated carbocycles. The van der Waals surface area contributed by atoms with Crippen molar-refractivity contribution < 1.29 is 24.0 Å². The molecule has 0 aromatic heterocycles. The molecule has 0 saturated heterocycles. The quantitative estimate of drug-likeness (QED) is 0.306. The highest BCUT2D eigenvalue weighted by Crippen LogP contribution is 2.83. The number of hydrogen-bond donors (Lipinski definition) is 3. The number of phenolic OH excluding ortho intramolecular Hbond substituents is 1. The van der Waals surface area contributed by atoms with Crippen LogP contribution in [0.15, 0.2) is 12.1 Å². The van der Waals surface area contributed by atoms with Gasteiger partial charge in [0.15, 0.2) is 0 Å². The summed E-state index contributed by atoms with van der Waals surface area (Å²) in [5.41, 5.74) is 0.0569. The van der Waals surface area contributed by atoms with Crippen LogP contribution < -0.4 is 0 Å². The standard InChI is InChI=1S/C16H24Cl4O5P2/c1-14(2,3)10-7-9(8-11(12(10)21)15(4,5)6)13(17)16(18,26(19,22)23)27(20,24)25/h7-8,13,21H,1-6H3,(H,22,23)(H,24,25). The molecule has 1 aromatic carbocycles. The maximum absolute atomic E-state index is 12.2. The summed E-state index contributed by atoms with van der Waals surface area (Å²) in [6, 6.07) is 2.94. The Labute approximate surface area is 179 Å². The lowest BCUT2D eigenvalue weighted by Crippen LogP contribution is -2.26. The average Bonchev–Trinajstić information content (AvgIpc) is 2.40. The minimum atomic E-state index is -4.96. The summed E-state index contributed by atoms with van der Waals surface area (Å²) in [5.74, 6) is 0.0406. The van der Waals surface area contributed by atoms with Gasteiger partial charge in [-0.1, -0.05) is 53.1 Å². The first-order valence-corrected chi connectivity index (χ1v) is 13.9. The van der Waals surface area contributed by atoms with E-state index in [2.05, 4.69) is 0 Å². The van der Waals surface area contributed by atoms with Crippen LogP contribution >= 0.6 is 59.1 Å². The fraction of sp³-hybridized carbons (Fsp3) is 0.625. The Morgan fingerprint density at radius 2 is 1.19 bits per heavy atom. The summed E-state index contributed by atoms with van der Waals surface area (Å²) >= 11 is 23.4. The van der Waals surface area contributed by atoms with Crippen LogP contribution in [-0.2, 0) is 20.0 Å². The Hall–Kier alpha value is 0.560. The lowest BCUT2D eigenvalue weighted by molar-refractivity contribution is 0.422. The van der Waals surface area contributed by atoms with E-state index in [1.54, 1.807) is 0 Å². The molecule has 1 rings (SSSR count). The summed E-state index contributed by atoms with van der Waals surface area (Å²) in [6.45, 7) is 1.21. The Morgan fingerprint density at radius 1 is 0.889 bits per heavy atom. The molecule has 0 bridgehead atoms. The number of hydrogen-bond acceptors (Lipinski definition) is 3. The molecule has 0 spiro atoms. The van der Waals surface area contributed by atoms with Gasteiger partial charge in [0.25, 0.3) is 0 Å². The van der Waals surface area contributed by atoms with Gasteiger partial charge in [0.1, 0.15) is 5.75 Å². The summed E-state index contributed by atoms with van der Waals surface area (Å²) < 4.78 is 21.4. The van der Waals surface area contributed by atoms with Crippen molar-refractivity contribution in [3.8, 4) is 5.75 Å². The van der Waals surface area contributed by atoms with Crippen molar-refractivity contribution in [1.82, 2.24) is 0 Å². The van der Waals surface area contributed by atoms with Gasteiger partial charge in [0.2, 0.25) is 4.36 Å². The predicted octanol–water partition coefficient (Wildman–Crippen LogP) is 7.01. The lowest BCUT2D eigenvalue weighted by Gasteiger charge is -2.34. The van der Waals surface area contributed by atoms with Gasteiger partial charge < -0.3 is 14.9 Å². The van der Waals surface area contributed by atoms with Crippen molar-refractivity contribution in [1.29, 1.82) is 0 Å². The molecule has 156 valence electrons. The van der Waals surface area contributed by atoms with Crippen molar-refractivity contribution in [3.63, 3.8) is 0 Å². The van der Waals surface area contributed by atoms with Gasteiger partial charge in [-0.25, -0.2) is 0 Å². The zero-order valence-electron chi connectivity index (χ0n) is 15.8. The topological polar surface area (TPSA) is 94.8 Å². The molecule has 3 N–H and O–H groups in total. The minimum Gasteiger partial charge on any atom is -0.507 e. The second-order valence-corrected chi connectivity index (χ2v) is 16.5. The molecular formula is C16H24Cl4O5P2. The van der Waals surface area contributed by atoms with Crippen molar-refractivity contribution in [2.75, 3.05) is 0 Å². The molecule has 0 radical (unpaired) electrons. The molecule has 0 heterocycles. The highest BCUT2D eigenvalue weighted by Gasteiger charge is 2.63. The van der Waals surface area contributed by atoms with Crippen LogP contribution in [0.5, 0.6) is 5.75 Å². The molecule has 0 amide bonds. The number of benzene rings is 1. The molecule has 0 aliphatic rings. The highest BCUT2D eigenvalue weighted by molar-refractivity contribution is 8.03. The summed E-state index contributed by atoms with van der Waals surface area (Å²) in [4.78, 5) is 19.7. The smallest absolute Gasteiger partial charge is 0.321 e. The van der Waals surface area contributed by atoms with E-state index >= 15 is 0 Å². The normalized spacial score (nSPS) is 21.0. The van der Waals surface area contributed by atoms with Crippen LogP contribution in [0.1, 0.15) is 63.6 Å².